The number of aliphatic imine (C=N–C) groups is 1. The van der Waals surface area contributed by atoms with Crippen LogP contribution in [0.15, 0.2) is 35.3 Å². The second kappa shape index (κ2) is 7.83. The van der Waals surface area contributed by atoms with E-state index in [1.165, 1.54) is 0 Å². The second-order valence-corrected chi connectivity index (χ2v) is 5.15. The molecular formula is C17H25NO2. The first-order chi connectivity index (χ1) is 9.60. The summed E-state index contributed by atoms with van der Waals surface area (Å²) in [6.07, 6.45) is 4.93. The van der Waals surface area contributed by atoms with Crippen LogP contribution < -0.4 is 0 Å². The molecule has 0 heterocycles. The number of hydrogen-bond acceptors (Lipinski definition) is 2. The Bertz CT molecular complexity index is 442. The van der Waals surface area contributed by atoms with E-state index in [9.17, 15) is 9.90 Å². The van der Waals surface area contributed by atoms with Crippen LogP contribution in [0.5, 0.6) is 0 Å². The van der Waals surface area contributed by atoms with Gasteiger partial charge in [0.25, 0.3) is 0 Å². The van der Waals surface area contributed by atoms with Gasteiger partial charge < -0.3 is 5.11 Å². The molecule has 0 radical (unpaired) electrons. The summed E-state index contributed by atoms with van der Waals surface area (Å²) in [6, 6.07) is 9.67. The molecule has 3 nitrogen and oxygen atoms in total. The zero-order valence-electron chi connectivity index (χ0n) is 12.7. The minimum atomic E-state index is -0.999. The number of aliphatic carboxylic acids is 1. The van der Waals surface area contributed by atoms with Crippen LogP contribution in [0.3, 0.4) is 0 Å². The maximum atomic E-state index is 11.8. The van der Waals surface area contributed by atoms with Crippen LogP contribution in [0.25, 0.3) is 0 Å². The van der Waals surface area contributed by atoms with Gasteiger partial charge in [-0.1, -0.05) is 63.9 Å². The summed E-state index contributed by atoms with van der Waals surface area (Å²) < 4.78 is 0. The standard InChI is InChI=1S/C17H25NO2/c1-4-10-15(5-2)17(6-3,16(19)20)18-13-14-11-8-7-9-12-14/h7-9,11-13,15H,4-6,10H2,1-3H3,(H,19,20). The average molecular weight is 275 g/mol. The Balaban J connectivity index is 3.11. The van der Waals surface area contributed by atoms with Gasteiger partial charge in [0.2, 0.25) is 0 Å². The first-order valence-electron chi connectivity index (χ1n) is 7.44. The van der Waals surface area contributed by atoms with Gasteiger partial charge in [0, 0.05) is 6.21 Å². The molecule has 1 N–H and O–H groups in total. The summed E-state index contributed by atoms with van der Waals surface area (Å²) in [5.41, 5.74) is -0.0569. The highest BCUT2D eigenvalue weighted by atomic mass is 16.4. The highest BCUT2D eigenvalue weighted by Crippen LogP contribution is 2.33. The largest absolute Gasteiger partial charge is 0.479 e. The average Bonchev–Trinajstić information content (AvgIpc) is 2.47. The van der Waals surface area contributed by atoms with Crippen LogP contribution in [0, 0.1) is 5.92 Å². The number of carboxylic acids is 1. The zero-order valence-corrected chi connectivity index (χ0v) is 12.7. The Morgan fingerprint density at radius 3 is 2.40 bits per heavy atom. The minimum absolute atomic E-state index is 0.0787. The SMILES string of the molecule is CCCC(CC)C(CC)(N=Cc1ccccc1)C(=O)O. The fourth-order valence-electron chi connectivity index (χ4n) is 2.72. The lowest BCUT2D eigenvalue weighted by Gasteiger charge is -2.32. The van der Waals surface area contributed by atoms with Crippen LogP contribution >= 0.6 is 0 Å². The molecular weight excluding hydrogens is 250 g/mol. The summed E-state index contributed by atoms with van der Waals surface area (Å²) >= 11 is 0. The Hall–Kier alpha value is -1.64. The third kappa shape index (κ3) is 3.69. The van der Waals surface area contributed by atoms with E-state index in [1.807, 2.05) is 44.2 Å². The molecule has 110 valence electrons. The fraction of sp³-hybridized carbons (Fsp3) is 0.529. The third-order valence-electron chi connectivity index (χ3n) is 3.96. The Labute approximate surface area is 121 Å². The van der Waals surface area contributed by atoms with Crippen LogP contribution in [-0.4, -0.2) is 22.8 Å². The van der Waals surface area contributed by atoms with E-state index < -0.39 is 11.5 Å². The van der Waals surface area contributed by atoms with E-state index in [1.54, 1.807) is 6.21 Å². The van der Waals surface area contributed by atoms with Gasteiger partial charge in [0.05, 0.1) is 0 Å². The third-order valence-corrected chi connectivity index (χ3v) is 3.96. The van der Waals surface area contributed by atoms with Crippen LogP contribution in [0.2, 0.25) is 0 Å². The van der Waals surface area contributed by atoms with Crippen molar-refractivity contribution in [3.8, 4) is 0 Å². The molecule has 0 fully saturated rings. The van der Waals surface area contributed by atoms with Crippen LogP contribution in [0.4, 0.5) is 0 Å². The van der Waals surface area contributed by atoms with E-state index >= 15 is 0 Å². The fourth-order valence-corrected chi connectivity index (χ4v) is 2.72. The smallest absolute Gasteiger partial charge is 0.331 e. The molecule has 2 atom stereocenters. The summed E-state index contributed by atoms with van der Waals surface area (Å²) in [7, 11) is 0. The molecule has 0 aliphatic heterocycles. The van der Waals surface area contributed by atoms with E-state index in [-0.39, 0.29) is 5.92 Å². The summed E-state index contributed by atoms with van der Waals surface area (Å²) in [4.78, 5) is 16.3. The molecule has 0 aliphatic carbocycles. The molecule has 0 saturated heterocycles. The highest BCUT2D eigenvalue weighted by molar-refractivity contribution is 5.86. The second-order valence-electron chi connectivity index (χ2n) is 5.15. The predicted molar refractivity (Wildman–Crippen MR) is 83.4 cm³/mol. The highest BCUT2D eigenvalue weighted by Gasteiger charge is 2.42. The van der Waals surface area contributed by atoms with Crippen molar-refractivity contribution >= 4 is 12.2 Å². The first-order valence-corrected chi connectivity index (χ1v) is 7.44. The number of rotatable bonds is 8. The van der Waals surface area contributed by atoms with E-state index in [0.29, 0.717) is 6.42 Å². The minimum Gasteiger partial charge on any atom is -0.479 e. The summed E-state index contributed by atoms with van der Waals surface area (Å²) in [6.45, 7) is 6.05. The van der Waals surface area contributed by atoms with Gasteiger partial charge in [0.1, 0.15) is 0 Å². The molecule has 0 spiro atoms. The molecule has 0 saturated carbocycles. The van der Waals surface area contributed by atoms with Gasteiger partial charge in [-0.3, -0.25) is 4.99 Å². The van der Waals surface area contributed by atoms with Gasteiger partial charge >= 0.3 is 5.97 Å². The van der Waals surface area contributed by atoms with E-state index in [0.717, 1.165) is 24.8 Å². The van der Waals surface area contributed by atoms with Gasteiger partial charge in [-0.25, -0.2) is 4.79 Å². The van der Waals surface area contributed by atoms with Gasteiger partial charge in [-0.15, -0.1) is 0 Å². The molecule has 1 aromatic carbocycles. The van der Waals surface area contributed by atoms with Crippen molar-refractivity contribution < 1.29 is 9.90 Å². The number of carbonyl (C=O) groups is 1. The molecule has 0 aliphatic rings. The van der Waals surface area contributed by atoms with E-state index in [2.05, 4.69) is 11.9 Å². The van der Waals surface area contributed by atoms with Gasteiger partial charge in [-0.05, 0) is 24.3 Å². The molecule has 0 aromatic heterocycles. The van der Waals surface area contributed by atoms with Crippen molar-refractivity contribution in [3.05, 3.63) is 35.9 Å². The first kappa shape index (κ1) is 16.4. The Kier molecular flexibility index (Phi) is 6.43. The quantitative estimate of drug-likeness (QED) is 0.724. The molecule has 0 bridgehead atoms. The topological polar surface area (TPSA) is 49.7 Å². The zero-order chi connectivity index (χ0) is 15.0. The molecule has 3 heteroatoms. The van der Waals surface area contributed by atoms with Gasteiger partial charge in [0.15, 0.2) is 5.54 Å². The monoisotopic (exact) mass is 275 g/mol. The van der Waals surface area contributed by atoms with E-state index in [4.69, 9.17) is 0 Å². The lowest BCUT2D eigenvalue weighted by Crippen LogP contribution is -2.43. The molecule has 1 aromatic rings. The Morgan fingerprint density at radius 2 is 1.95 bits per heavy atom. The molecule has 2 unspecified atom stereocenters. The lowest BCUT2D eigenvalue weighted by atomic mass is 9.77. The maximum absolute atomic E-state index is 11.8. The van der Waals surface area contributed by atoms with Crippen molar-refractivity contribution in [2.24, 2.45) is 10.9 Å². The lowest BCUT2D eigenvalue weighted by molar-refractivity contribution is -0.145. The van der Waals surface area contributed by atoms with Crippen LogP contribution in [-0.2, 0) is 4.79 Å². The Morgan fingerprint density at radius 1 is 1.30 bits per heavy atom. The predicted octanol–water partition coefficient (Wildman–Crippen LogP) is 4.17. The van der Waals surface area contributed by atoms with Crippen molar-refractivity contribution in [2.45, 2.75) is 52.0 Å². The van der Waals surface area contributed by atoms with Crippen molar-refractivity contribution in [3.63, 3.8) is 0 Å². The number of carboxylic acid groups (broad SMARTS) is 1. The summed E-state index contributed by atoms with van der Waals surface area (Å²) in [5.74, 6) is -0.734. The van der Waals surface area contributed by atoms with Gasteiger partial charge in [-0.2, -0.15) is 0 Å². The maximum Gasteiger partial charge on any atom is 0.331 e. The summed E-state index contributed by atoms with van der Waals surface area (Å²) in [5, 5.41) is 9.72. The molecule has 0 amide bonds. The normalized spacial score (nSPS) is 15.9. The van der Waals surface area contributed by atoms with Crippen molar-refractivity contribution in [2.75, 3.05) is 0 Å². The van der Waals surface area contributed by atoms with Crippen molar-refractivity contribution in [1.29, 1.82) is 0 Å². The molecule has 1 rings (SSSR count). The number of nitrogens with zero attached hydrogens (tertiary/aromatic N) is 1. The van der Waals surface area contributed by atoms with Crippen LogP contribution in [0.1, 0.15) is 52.0 Å². The van der Waals surface area contributed by atoms with Crippen molar-refractivity contribution in [1.82, 2.24) is 0 Å². The number of benzene rings is 1. The number of hydrogen-bond donors (Lipinski definition) is 1. The molecule has 20 heavy (non-hydrogen) atoms.